The normalized spacial score (nSPS) is 9.33. The third-order valence-corrected chi connectivity index (χ3v) is 1.53. The maximum atomic E-state index is 11.1. The summed E-state index contributed by atoms with van der Waals surface area (Å²) in [5.41, 5.74) is 0.0614. The highest BCUT2D eigenvalue weighted by Gasteiger charge is 2.02. The summed E-state index contributed by atoms with van der Waals surface area (Å²) in [6, 6.07) is 0. The van der Waals surface area contributed by atoms with Crippen LogP contribution in [0.4, 0.5) is 0 Å². The summed E-state index contributed by atoms with van der Waals surface area (Å²) in [4.78, 5) is 26.3. The van der Waals surface area contributed by atoms with Crippen molar-refractivity contribution < 1.29 is 0 Å². The van der Waals surface area contributed by atoms with E-state index in [9.17, 15) is 9.59 Å². The molecule has 0 aliphatic carbocycles. The van der Waals surface area contributed by atoms with Gasteiger partial charge in [-0.05, 0) is 6.92 Å². The van der Waals surface area contributed by atoms with Crippen LogP contribution in [0.2, 0.25) is 0 Å². The zero-order chi connectivity index (χ0) is 9.14. The minimum atomic E-state index is -0.502. The van der Waals surface area contributed by atoms with Crippen LogP contribution >= 0.6 is 0 Å². The van der Waals surface area contributed by atoms with Gasteiger partial charge in [0.05, 0.1) is 0 Å². The van der Waals surface area contributed by atoms with Crippen molar-refractivity contribution in [1.82, 2.24) is 9.97 Å². The van der Waals surface area contributed by atoms with E-state index >= 15 is 0 Å². The number of aromatic nitrogens is 2. The number of hydrogen-bond donors (Lipinski definition) is 2. The molecule has 0 aliphatic heterocycles. The van der Waals surface area contributed by atoms with Crippen LogP contribution in [0, 0.1) is 19.3 Å². The van der Waals surface area contributed by atoms with Gasteiger partial charge in [0.2, 0.25) is 0 Å². The topological polar surface area (TPSA) is 65.7 Å². The fourth-order valence-corrected chi connectivity index (χ4v) is 0.941. The van der Waals surface area contributed by atoms with Gasteiger partial charge in [-0.15, -0.1) is 12.3 Å². The van der Waals surface area contributed by atoms with Gasteiger partial charge < -0.3 is 4.98 Å². The Morgan fingerprint density at radius 2 is 2.08 bits per heavy atom. The van der Waals surface area contributed by atoms with E-state index in [2.05, 4.69) is 15.9 Å². The molecule has 0 saturated carbocycles. The molecule has 0 radical (unpaired) electrons. The highest BCUT2D eigenvalue weighted by atomic mass is 16.2. The van der Waals surface area contributed by atoms with Gasteiger partial charge in [0.1, 0.15) is 0 Å². The maximum absolute atomic E-state index is 11.1. The minimum Gasteiger partial charge on any atom is -0.311 e. The molecule has 2 N–H and O–H groups in total. The van der Waals surface area contributed by atoms with Crippen LogP contribution in [0.25, 0.3) is 0 Å². The largest absolute Gasteiger partial charge is 0.325 e. The van der Waals surface area contributed by atoms with Gasteiger partial charge in [-0.1, -0.05) is 0 Å². The van der Waals surface area contributed by atoms with Gasteiger partial charge in [0.15, 0.2) is 0 Å². The fraction of sp³-hybridized carbons (Fsp3) is 0.250. The summed E-state index contributed by atoms with van der Waals surface area (Å²) >= 11 is 0. The summed E-state index contributed by atoms with van der Waals surface area (Å²) in [6.45, 7) is 1.64. The van der Waals surface area contributed by atoms with Crippen molar-refractivity contribution in [3.8, 4) is 12.3 Å². The fourth-order valence-electron chi connectivity index (χ4n) is 0.941. The predicted octanol–water partition coefficient (Wildman–Crippen LogP) is -0.453. The summed E-state index contributed by atoms with van der Waals surface area (Å²) in [7, 11) is 0. The molecule has 12 heavy (non-hydrogen) atoms. The summed E-state index contributed by atoms with van der Waals surface area (Å²) in [6.07, 6.45) is 5.28. The molecule has 62 valence electrons. The molecule has 1 heterocycles. The zero-order valence-electron chi connectivity index (χ0n) is 6.60. The van der Waals surface area contributed by atoms with Crippen LogP contribution in [0.15, 0.2) is 9.59 Å². The Kier molecular flexibility index (Phi) is 2.15. The Morgan fingerprint density at radius 3 is 2.58 bits per heavy atom. The Morgan fingerprint density at radius 1 is 1.42 bits per heavy atom. The van der Waals surface area contributed by atoms with Crippen molar-refractivity contribution in [3.63, 3.8) is 0 Å². The highest BCUT2D eigenvalue weighted by Crippen LogP contribution is 1.93. The average molecular weight is 164 g/mol. The smallest absolute Gasteiger partial charge is 0.311 e. The van der Waals surface area contributed by atoms with E-state index in [4.69, 9.17) is 6.42 Å². The maximum Gasteiger partial charge on any atom is 0.325 e. The molecule has 0 aliphatic rings. The molecule has 0 atom stereocenters. The van der Waals surface area contributed by atoms with Gasteiger partial charge in [0, 0.05) is 17.7 Å². The molecule has 0 amide bonds. The first kappa shape index (κ1) is 8.34. The lowest BCUT2D eigenvalue weighted by molar-refractivity contribution is 0.947. The summed E-state index contributed by atoms with van der Waals surface area (Å²) in [5, 5.41) is 0. The molecule has 4 nitrogen and oxygen atoms in total. The average Bonchev–Trinajstić information content (AvgIpc) is 1.96. The Hall–Kier alpha value is -1.76. The van der Waals surface area contributed by atoms with Crippen LogP contribution in [0.1, 0.15) is 11.3 Å². The monoisotopic (exact) mass is 164 g/mol. The van der Waals surface area contributed by atoms with Crippen molar-refractivity contribution >= 4 is 0 Å². The Bertz CT molecular complexity index is 434. The van der Waals surface area contributed by atoms with E-state index in [1.54, 1.807) is 6.92 Å². The molecule has 0 bridgehead atoms. The molecule has 0 fully saturated rings. The SMILES string of the molecule is C#CCc1c(C)[nH]c(=O)[nH]c1=O. The predicted molar refractivity (Wildman–Crippen MR) is 45.0 cm³/mol. The second-order valence-electron chi connectivity index (χ2n) is 2.39. The van der Waals surface area contributed by atoms with Crippen molar-refractivity contribution in [2.45, 2.75) is 13.3 Å². The Labute approximate surface area is 68.7 Å². The number of H-pyrrole nitrogens is 2. The van der Waals surface area contributed by atoms with Gasteiger partial charge in [-0.3, -0.25) is 9.78 Å². The van der Waals surface area contributed by atoms with Crippen molar-refractivity contribution in [1.29, 1.82) is 0 Å². The molecule has 1 rings (SSSR count). The summed E-state index contributed by atoms with van der Waals surface area (Å²) in [5.74, 6) is 2.34. The van der Waals surface area contributed by atoms with Gasteiger partial charge in [-0.2, -0.15) is 0 Å². The third-order valence-electron chi connectivity index (χ3n) is 1.53. The van der Waals surface area contributed by atoms with Crippen LogP contribution in [-0.4, -0.2) is 9.97 Å². The van der Waals surface area contributed by atoms with Crippen molar-refractivity contribution in [3.05, 3.63) is 32.1 Å². The first-order valence-electron chi connectivity index (χ1n) is 3.40. The first-order chi connectivity index (χ1) is 5.65. The number of terminal acetylenes is 1. The summed E-state index contributed by atoms with van der Waals surface area (Å²) < 4.78 is 0. The zero-order valence-corrected chi connectivity index (χ0v) is 6.60. The van der Waals surface area contributed by atoms with Gasteiger partial charge in [0.25, 0.3) is 5.56 Å². The Balaban J connectivity index is 3.41. The molecule has 0 spiro atoms. The lowest BCUT2D eigenvalue weighted by Crippen LogP contribution is -2.26. The van der Waals surface area contributed by atoms with Crippen molar-refractivity contribution in [2.75, 3.05) is 0 Å². The van der Waals surface area contributed by atoms with Crippen LogP contribution in [0.5, 0.6) is 0 Å². The van der Waals surface area contributed by atoms with Crippen molar-refractivity contribution in [2.24, 2.45) is 0 Å². The van der Waals surface area contributed by atoms with E-state index in [0.717, 1.165) is 0 Å². The first-order valence-corrected chi connectivity index (χ1v) is 3.40. The van der Waals surface area contributed by atoms with Crippen LogP contribution in [0.3, 0.4) is 0 Å². The number of rotatable bonds is 1. The van der Waals surface area contributed by atoms with Crippen LogP contribution in [-0.2, 0) is 6.42 Å². The van der Waals surface area contributed by atoms with Crippen LogP contribution < -0.4 is 11.2 Å². The highest BCUT2D eigenvalue weighted by molar-refractivity contribution is 5.19. The van der Waals surface area contributed by atoms with E-state index in [1.165, 1.54) is 0 Å². The van der Waals surface area contributed by atoms with E-state index in [-0.39, 0.29) is 6.42 Å². The third kappa shape index (κ3) is 1.45. The number of aromatic amines is 2. The number of hydrogen-bond acceptors (Lipinski definition) is 2. The van der Waals surface area contributed by atoms with E-state index in [0.29, 0.717) is 11.3 Å². The lowest BCUT2D eigenvalue weighted by Gasteiger charge is -1.97. The molecular formula is C8H8N2O2. The molecule has 0 saturated heterocycles. The molecule has 0 unspecified atom stereocenters. The minimum absolute atomic E-state index is 0.234. The quantitative estimate of drug-likeness (QED) is 0.552. The van der Waals surface area contributed by atoms with Gasteiger partial charge >= 0.3 is 5.69 Å². The lowest BCUT2D eigenvalue weighted by atomic mass is 10.2. The molecular weight excluding hydrogens is 156 g/mol. The second kappa shape index (κ2) is 3.09. The second-order valence-corrected chi connectivity index (χ2v) is 2.39. The molecule has 1 aromatic rings. The number of aryl methyl sites for hydroxylation is 1. The molecule has 1 aromatic heterocycles. The van der Waals surface area contributed by atoms with Gasteiger partial charge in [-0.25, -0.2) is 4.79 Å². The molecule has 0 aromatic carbocycles. The van der Waals surface area contributed by atoms with E-state index < -0.39 is 11.2 Å². The standard InChI is InChI=1S/C8H8N2O2/c1-3-4-6-5(2)9-8(12)10-7(6)11/h1H,4H2,2H3,(H2,9,10,11,12). The van der Waals surface area contributed by atoms with E-state index in [1.807, 2.05) is 0 Å². The molecule has 4 heteroatoms. The number of nitrogens with one attached hydrogen (secondary N) is 2.